The summed E-state index contributed by atoms with van der Waals surface area (Å²) in [5.74, 6) is -0.705. The molecular weight excluding hydrogens is 394 g/mol. The standard InChI is InChI=1S/C20H23N3O5S/c1-3-21-19(24)13-22-20(25)16-12-15(8-9-18(16)28-2)29(26,27)23-11-10-14-6-4-5-7-17(14)23/h4-9,12H,3,10-11,13H2,1-2H3,(H,21,24)(H,22,25). The number of sulfonamides is 1. The van der Waals surface area contributed by atoms with Crippen molar-refractivity contribution < 1.29 is 22.7 Å². The van der Waals surface area contributed by atoms with Crippen LogP contribution in [0.25, 0.3) is 0 Å². The molecule has 0 radical (unpaired) electrons. The second-order valence-corrected chi connectivity index (χ2v) is 8.32. The van der Waals surface area contributed by atoms with E-state index in [9.17, 15) is 18.0 Å². The van der Waals surface area contributed by atoms with Crippen LogP contribution in [0.5, 0.6) is 5.75 Å². The number of anilines is 1. The number of hydrogen-bond acceptors (Lipinski definition) is 5. The molecule has 2 aromatic carbocycles. The van der Waals surface area contributed by atoms with Gasteiger partial charge in [-0.15, -0.1) is 0 Å². The molecule has 0 aliphatic carbocycles. The molecule has 1 aliphatic rings. The number of carbonyl (C=O) groups is 2. The van der Waals surface area contributed by atoms with E-state index in [1.165, 1.54) is 29.6 Å². The van der Waals surface area contributed by atoms with Crippen LogP contribution in [0.4, 0.5) is 5.69 Å². The molecule has 2 N–H and O–H groups in total. The van der Waals surface area contributed by atoms with Crippen molar-refractivity contribution in [3.63, 3.8) is 0 Å². The highest BCUT2D eigenvalue weighted by Gasteiger charge is 2.31. The predicted octanol–water partition coefficient (Wildman–Crippen LogP) is 1.31. The maximum atomic E-state index is 13.2. The zero-order chi connectivity index (χ0) is 21.0. The number of methoxy groups -OCH3 is 1. The number of carbonyl (C=O) groups excluding carboxylic acids is 2. The normalized spacial score (nSPS) is 13.0. The highest BCUT2D eigenvalue weighted by Crippen LogP contribution is 2.33. The topological polar surface area (TPSA) is 105 Å². The Morgan fingerprint density at radius 1 is 1.14 bits per heavy atom. The summed E-state index contributed by atoms with van der Waals surface area (Å²) in [6.45, 7) is 2.34. The van der Waals surface area contributed by atoms with Crippen LogP contribution < -0.4 is 19.7 Å². The molecule has 9 heteroatoms. The molecule has 0 aromatic heterocycles. The summed E-state index contributed by atoms with van der Waals surface area (Å²) in [6, 6.07) is 11.5. The fourth-order valence-electron chi connectivity index (χ4n) is 3.23. The lowest BCUT2D eigenvalue weighted by Gasteiger charge is -2.20. The third kappa shape index (κ3) is 4.19. The largest absolute Gasteiger partial charge is 0.496 e. The van der Waals surface area contributed by atoms with E-state index in [1.807, 2.05) is 12.1 Å². The number of nitrogens with one attached hydrogen (secondary N) is 2. The van der Waals surface area contributed by atoms with Gasteiger partial charge < -0.3 is 15.4 Å². The third-order valence-corrected chi connectivity index (χ3v) is 6.44. The van der Waals surface area contributed by atoms with Gasteiger partial charge in [-0.05, 0) is 43.2 Å². The first-order valence-corrected chi connectivity index (χ1v) is 10.7. The van der Waals surface area contributed by atoms with Crippen molar-refractivity contribution in [1.82, 2.24) is 10.6 Å². The van der Waals surface area contributed by atoms with E-state index in [2.05, 4.69) is 10.6 Å². The number of likely N-dealkylation sites (N-methyl/N-ethyl adjacent to an activating group) is 1. The summed E-state index contributed by atoms with van der Waals surface area (Å²) in [4.78, 5) is 24.1. The van der Waals surface area contributed by atoms with Crippen molar-refractivity contribution in [2.45, 2.75) is 18.2 Å². The second-order valence-electron chi connectivity index (χ2n) is 6.45. The van der Waals surface area contributed by atoms with E-state index in [-0.39, 0.29) is 28.7 Å². The van der Waals surface area contributed by atoms with Gasteiger partial charge in [0, 0.05) is 13.1 Å². The average Bonchev–Trinajstić information content (AvgIpc) is 3.16. The molecule has 0 unspecified atom stereocenters. The van der Waals surface area contributed by atoms with Crippen LogP contribution in [0.1, 0.15) is 22.8 Å². The van der Waals surface area contributed by atoms with Gasteiger partial charge in [-0.2, -0.15) is 0 Å². The molecule has 154 valence electrons. The van der Waals surface area contributed by atoms with Crippen LogP contribution in [0, 0.1) is 0 Å². The lowest BCUT2D eigenvalue weighted by atomic mass is 10.2. The van der Waals surface area contributed by atoms with E-state index in [0.717, 1.165) is 5.56 Å². The zero-order valence-corrected chi connectivity index (χ0v) is 17.1. The van der Waals surface area contributed by atoms with Crippen LogP contribution in [0.15, 0.2) is 47.4 Å². The van der Waals surface area contributed by atoms with Crippen LogP contribution in [0.2, 0.25) is 0 Å². The highest BCUT2D eigenvalue weighted by molar-refractivity contribution is 7.92. The number of hydrogen-bond donors (Lipinski definition) is 2. The van der Waals surface area contributed by atoms with Gasteiger partial charge in [-0.25, -0.2) is 8.42 Å². The minimum atomic E-state index is -3.85. The zero-order valence-electron chi connectivity index (χ0n) is 16.3. The quantitative estimate of drug-likeness (QED) is 0.707. The number of rotatable bonds is 7. The van der Waals surface area contributed by atoms with Crippen LogP contribution in [-0.4, -0.2) is 47.0 Å². The fourth-order valence-corrected chi connectivity index (χ4v) is 4.76. The highest BCUT2D eigenvalue weighted by atomic mass is 32.2. The molecule has 0 saturated carbocycles. The molecule has 1 heterocycles. The Labute approximate surface area is 169 Å². The first-order chi connectivity index (χ1) is 13.9. The van der Waals surface area contributed by atoms with Gasteiger partial charge in [0.1, 0.15) is 5.75 Å². The first kappa shape index (κ1) is 20.7. The number of nitrogens with zero attached hydrogens (tertiary/aromatic N) is 1. The summed E-state index contributed by atoms with van der Waals surface area (Å²) >= 11 is 0. The van der Waals surface area contributed by atoms with E-state index in [1.54, 1.807) is 19.1 Å². The minimum Gasteiger partial charge on any atom is -0.496 e. The Bertz CT molecular complexity index is 1040. The molecule has 0 atom stereocenters. The van der Waals surface area contributed by atoms with E-state index in [4.69, 9.17) is 4.74 Å². The summed E-state index contributed by atoms with van der Waals surface area (Å²) in [5.41, 5.74) is 1.65. The molecule has 2 aromatic rings. The Kier molecular flexibility index (Phi) is 6.07. The average molecular weight is 417 g/mol. The number of fused-ring (bicyclic) bond motifs is 1. The van der Waals surface area contributed by atoms with Crippen LogP contribution in [-0.2, 0) is 21.2 Å². The smallest absolute Gasteiger partial charge is 0.264 e. The maximum Gasteiger partial charge on any atom is 0.264 e. The molecule has 1 aliphatic heterocycles. The molecule has 3 rings (SSSR count). The van der Waals surface area contributed by atoms with Crippen molar-refractivity contribution in [2.24, 2.45) is 0 Å². The molecule has 0 saturated heterocycles. The monoisotopic (exact) mass is 417 g/mol. The molecule has 2 amide bonds. The van der Waals surface area contributed by atoms with Gasteiger partial charge >= 0.3 is 0 Å². The minimum absolute atomic E-state index is 0.0156. The Balaban J connectivity index is 1.90. The van der Waals surface area contributed by atoms with Gasteiger partial charge in [0.05, 0.1) is 29.8 Å². The molecular formula is C20H23N3O5S. The molecule has 0 bridgehead atoms. The summed E-state index contributed by atoms with van der Waals surface area (Å²) in [7, 11) is -2.46. The second kappa shape index (κ2) is 8.52. The predicted molar refractivity (Wildman–Crippen MR) is 109 cm³/mol. The van der Waals surface area contributed by atoms with Crippen molar-refractivity contribution in [1.29, 1.82) is 0 Å². The maximum absolute atomic E-state index is 13.2. The van der Waals surface area contributed by atoms with Gasteiger partial charge in [0.15, 0.2) is 0 Å². The fraction of sp³-hybridized carbons (Fsp3) is 0.300. The van der Waals surface area contributed by atoms with Gasteiger partial charge in [0.2, 0.25) is 5.91 Å². The third-order valence-electron chi connectivity index (χ3n) is 4.63. The lowest BCUT2D eigenvalue weighted by molar-refractivity contribution is -0.120. The first-order valence-electron chi connectivity index (χ1n) is 9.22. The van der Waals surface area contributed by atoms with Crippen LogP contribution >= 0.6 is 0 Å². The Morgan fingerprint density at radius 3 is 2.62 bits per heavy atom. The van der Waals surface area contributed by atoms with Crippen molar-refractivity contribution in [2.75, 3.05) is 31.0 Å². The molecule has 29 heavy (non-hydrogen) atoms. The summed E-state index contributed by atoms with van der Waals surface area (Å²) in [6.07, 6.45) is 0.630. The van der Waals surface area contributed by atoms with Gasteiger partial charge in [-0.3, -0.25) is 13.9 Å². The van der Waals surface area contributed by atoms with E-state index < -0.39 is 15.9 Å². The SMILES string of the molecule is CCNC(=O)CNC(=O)c1cc(S(=O)(=O)N2CCc3ccccc32)ccc1OC. The molecule has 0 spiro atoms. The lowest BCUT2D eigenvalue weighted by Crippen LogP contribution is -2.37. The van der Waals surface area contributed by atoms with Crippen molar-refractivity contribution >= 4 is 27.5 Å². The number of para-hydroxylation sites is 1. The number of benzene rings is 2. The van der Waals surface area contributed by atoms with Gasteiger partial charge in [-0.1, -0.05) is 18.2 Å². The summed E-state index contributed by atoms with van der Waals surface area (Å²) < 4.78 is 33.0. The van der Waals surface area contributed by atoms with E-state index >= 15 is 0 Å². The Hall–Kier alpha value is -3.07. The summed E-state index contributed by atoms with van der Waals surface area (Å²) in [5, 5.41) is 5.06. The Morgan fingerprint density at radius 2 is 1.90 bits per heavy atom. The van der Waals surface area contributed by atoms with Crippen LogP contribution in [0.3, 0.4) is 0 Å². The van der Waals surface area contributed by atoms with Gasteiger partial charge in [0.25, 0.3) is 15.9 Å². The molecule has 8 nitrogen and oxygen atoms in total. The van der Waals surface area contributed by atoms with E-state index in [0.29, 0.717) is 25.2 Å². The molecule has 0 fully saturated rings. The number of amides is 2. The van der Waals surface area contributed by atoms with Crippen molar-refractivity contribution in [3.05, 3.63) is 53.6 Å². The van der Waals surface area contributed by atoms with Crippen molar-refractivity contribution in [3.8, 4) is 5.75 Å². The number of ether oxygens (including phenoxy) is 1.